The molecule has 5 atom stereocenters. The Bertz CT molecular complexity index is 1290. The van der Waals surface area contributed by atoms with Crippen LogP contribution in [-0.4, -0.2) is 74.3 Å². The fourth-order valence-electron chi connectivity index (χ4n) is 6.44. The van der Waals surface area contributed by atoms with Crippen LogP contribution >= 0.6 is 0 Å². The summed E-state index contributed by atoms with van der Waals surface area (Å²) in [5.74, 6) is 1.57. The molecule has 1 saturated carbocycles. The van der Waals surface area contributed by atoms with Crippen molar-refractivity contribution in [1.82, 2.24) is 30.0 Å². The van der Waals surface area contributed by atoms with Gasteiger partial charge in [0, 0.05) is 30.9 Å². The number of carbonyl (C=O) groups is 1. The van der Waals surface area contributed by atoms with Gasteiger partial charge in [0.25, 0.3) is 0 Å². The Morgan fingerprint density at radius 1 is 1.38 bits per heavy atom. The molecule has 2 N–H and O–H groups in total. The quantitative estimate of drug-likeness (QED) is 0.619. The summed E-state index contributed by atoms with van der Waals surface area (Å²) in [5.41, 5.74) is 6.10. The number of ether oxygens (including phenoxy) is 1. The van der Waals surface area contributed by atoms with E-state index in [0.29, 0.717) is 17.1 Å². The summed E-state index contributed by atoms with van der Waals surface area (Å²) in [4.78, 5) is 30.1. The van der Waals surface area contributed by atoms with Crippen LogP contribution in [0.25, 0.3) is 22.7 Å². The number of morpholine rings is 1. The molecule has 1 amide bonds. The number of piperidine rings is 1. The number of rotatable bonds is 4. The van der Waals surface area contributed by atoms with E-state index in [4.69, 9.17) is 9.72 Å². The lowest BCUT2D eigenvalue weighted by Crippen LogP contribution is -2.60. The van der Waals surface area contributed by atoms with Crippen LogP contribution in [0.1, 0.15) is 44.4 Å². The van der Waals surface area contributed by atoms with Crippen LogP contribution < -0.4 is 4.90 Å². The third-order valence-electron chi connectivity index (χ3n) is 8.87. The lowest BCUT2D eigenvalue weighted by Gasteiger charge is -2.47. The molecule has 9 heteroatoms. The topological polar surface area (TPSA) is 103 Å². The average molecular weight is 462 g/mol. The number of amides is 1. The standard InChI is InChI=1S/C25H31N7O2/c1-13(32-11-17-5-4-15(32)12-34-17)24(33)31(3)16-7-19-22(26-10-16)28-23(27-19)21-18-6-14-8-25(14,2)9-20(18)29-30-21/h7,10,13-15,17H,4-6,8-9,11-12H2,1-3H3,(H,29,30)(H,26,27,28)/t13?,14-,15-,17-,25-/m1/s1. The number of hydrogen-bond donors (Lipinski definition) is 2. The second kappa shape index (κ2) is 7.11. The maximum Gasteiger partial charge on any atom is 0.243 e. The van der Waals surface area contributed by atoms with Crippen molar-refractivity contribution < 1.29 is 9.53 Å². The number of anilines is 1. The smallest absolute Gasteiger partial charge is 0.243 e. The van der Waals surface area contributed by atoms with E-state index in [2.05, 4.69) is 32.0 Å². The monoisotopic (exact) mass is 461 g/mol. The molecule has 0 aromatic carbocycles. The van der Waals surface area contributed by atoms with Crippen molar-refractivity contribution in [3.63, 3.8) is 0 Å². The molecule has 4 fully saturated rings. The molecular weight excluding hydrogens is 430 g/mol. The van der Waals surface area contributed by atoms with Crippen LogP contribution in [0, 0.1) is 11.3 Å². The van der Waals surface area contributed by atoms with Crippen LogP contribution in [-0.2, 0) is 22.4 Å². The number of pyridine rings is 1. The van der Waals surface area contributed by atoms with E-state index in [1.165, 1.54) is 17.7 Å². The molecule has 1 unspecified atom stereocenters. The predicted molar refractivity (Wildman–Crippen MR) is 127 cm³/mol. The Morgan fingerprint density at radius 2 is 2.26 bits per heavy atom. The first-order valence-corrected chi connectivity index (χ1v) is 12.5. The van der Waals surface area contributed by atoms with Crippen molar-refractivity contribution >= 4 is 22.8 Å². The molecule has 8 rings (SSSR count). The second-order valence-electron chi connectivity index (χ2n) is 11.1. The van der Waals surface area contributed by atoms with Crippen LogP contribution in [0.5, 0.6) is 0 Å². The molecular formula is C25H31N7O2. The van der Waals surface area contributed by atoms with Gasteiger partial charge in [0.1, 0.15) is 11.2 Å². The highest BCUT2D eigenvalue weighted by Crippen LogP contribution is 2.59. The molecule has 0 spiro atoms. The van der Waals surface area contributed by atoms with E-state index < -0.39 is 0 Å². The highest BCUT2D eigenvalue weighted by molar-refractivity contribution is 5.97. The van der Waals surface area contributed by atoms with Crippen molar-refractivity contribution in [1.29, 1.82) is 0 Å². The van der Waals surface area contributed by atoms with Gasteiger partial charge in [-0.1, -0.05) is 6.92 Å². The van der Waals surface area contributed by atoms with E-state index in [9.17, 15) is 4.79 Å². The molecule has 3 aromatic heterocycles. The molecule has 3 saturated heterocycles. The van der Waals surface area contributed by atoms with Gasteiger partial charge >= 0.3 is 0 Å². The Hall–Kier alpha value is -2.78. The minimum Gasteiger partial charge on any atom is -0.375 e. The highest BCUT2D eigenvalue weighted by atomic mass is 16.5. The number of nitrogens with one attached hydrogen (secondary N) is 2. The van der Waals surface area contributed by atoms with Crippen molar-refractivity contribution in [2.45, 2.75) is 64.1 Å². The Kier molecular flexibility index (Phi) is 4.31. The maximum absolute atomic E-state index is 13.3. The normalized spacial score (nSPS) is 30.7. The number of carbonyl (C=O) groups excluding carboxylic acids is 1. The third-order valence-corrected chi connectivity index (χ3v) is 8.87. The third kappa shape index (κ3) is 3.06. The largest absolute Gasteiger partial charge is 0.375 e. The minimum absolute atomic E-state index is 0.0679. The zero-order valence-corrected chi connectivity index (χ0v) is 20.0. The van der Waals surface area contributed by atoms with Crippen molar-refractivity contribution in [2.24, 2.45) is 11.3 Å². The zero-order chi connectivity index (χ0) is 23.2. The predicted octanol–water partition coefficient (Wildman–Crippen LogP) is 2.69. The summed E-state index contributed by atoms with van der Waals surface area (Å²) in [6.45, 7) is 5.94. The first kappa shape index (κ1) is 20.6. The molecule has 5 aliphatic rings. The van der Waals surface area contributed by atoms with Gasteiger partial charge in [-0.15, -0.1) is 0 Å². The summed E-state index contributed by atoms with van der Waals surface area (Å²) in [5, 5.41) is 7.86. The number of fused-ring (bicyclic) bond motifs is 6. The SMILES string of the molecule is CC(C(=O)N(C)c1cnc2[nH]c(-c3n[nH]c4c3C[C@@H]3C[C@]3(C)C4)nc2c1)N1C[C@H]2CC[C@@H]1CO2. The second-order valence-corrected chi connectivity index (χ2v) is 11.1. The number of aromatic amines is 2. The number of likely N-dealkylation sites (N-methyl/N-ethyl adjacent to an activating group) is 1. The van der Waals surface area contributed by atoms with Gasteiger partial charge in [0.15, 0.2) is 11.5 Å². The fourth-order valence-corrected chi connectivity index (χ4v) is 6.44. The summed E-state index contributed by atoms with van der Waals surface area (Å²) >= 11 is 0. The average Bonchev–Trinajstić information content (AvgIpc) is 3.16. The molecule has 0 radical (unpaired) electrons. The van der Waals surface area contributed by atoms with Gasteiger partial charge in [0.2, 0.25) is 5.91 Å². The van der Waals surface area contributed by atoms with Crippen LogP contribution in [0.4, 0.5) is 5.69 Å². The molecule has 2 bridgehead atoms. The lowest BCUT2D eigenvalue weighted by molar-refractivity contribution is -0.140. The molecule has 9 nitrogen and oxygen atoms in total. The Morgan fingerprint density at radius 3 is 3.03 bits per heavy atom. The van der Waals surface area contributed by atoms with E-state index in [1.54, 1.807) is 11.1 Å². The number of hydrogen-bond acceptors (Lipinski definition) is 6. The van der Waals surface area contributed by atoms with Gasteiger partial charge in [0.05, 0.1) is 30.6 Å². The van der Waals surface area contributed by atoms with Crippen LogP contribution in [0.15, 0.2) is 12.3 Å². The summed E-state index contributed by atoms with van der Waals surface area (Å²) < 4.78 is 5.82. The van der Waals surface area contributed by atoms with Gasteiger partial charge < -0.3 is 14.6 Å². The Labute approximate surface area is 198 Å². The van der Waals surface area contributed by atoms with Crippen LogP contribution in [0.3, 0.4) is 0 Å². The minimum atomic E-state index is -0.198. The highest BCUT2D eigenvalue weighted by Gasteiger charge is 2.53. The molecule has 6 heterocycles. The molecule has 2 aliphatic carbocycles. The summed E-state index contributed by atoms with van der Waals surface area (Å²) in [6, 6.07) is 2.08. The number of imidazole rings is 1. The first-order chi connectivity index (χ1) is 16.4. The maximum atomic E-state index is 13.3. The van der Waals surface area contributed by atoms with Crippen molar-refractivity contribution in [3.05, 3.63) is 23.5 Å². The van der Waals surface area contributed by atoms with Gasteiger partial charge in [-0.3, -0.25) is 14.8 Å². The number of nitrogens with zero attached hydrogens (tertiary/aromatic N) is 5. The molecule has 3 aromatic rings. The van der Waals surface area contributed by atoms with E-state index in [1.807, 2.05) is 20.0 Å². The van der Waals surface area contributed by atoms with Crippen LogP contribution in [0.2, 0.25) is 0 Å². The van der Waals surface area contributed by atoms with E-state index in [-0.39, 0.29) is 18.1 Å². The van der Waals surface area contributed by atoms with E-state index in [0.717, 1.165) is 67.5 Å². The lowest BCUT2D eigenvalue weighted by atomic mass is 9.88. The first-order valence-electron chi connectivity index (χ1n) is 12.5. The van der Waals surface area contributed by atoms with Gasteiger partial charge in [-0.05, 0) is 56.4 Å². The Balaban J connectivity index is 1.14. The summed E-state index contributed by atoms with van der Waals surface area (Å²) in [6.07, 6.45) is 7.63. The number of aromatic nitrogens is 5. The zero-order valence-electron chi connectivity index (χ0n) is 20.0. The number of H-pyrrole nitrogens is 2. The van der Waals surface area contributed by atoms with Crippen molar-refractivity contribution in [2.75, 3.05) is 25.1 Å². The molecule has 34 heavy (non-hydrogen) atoms. The van der Waals surface area contributed by atoms with Gasteiger partial charge in [-0.25, -0.2) is 9.97 Å². The molecule has 178 valence electrons. The summed E-state index contributed by atoms with van der Waals surface area (Å²) in [7, 11) is 1.82. The van der Waals surface area contributed by atoms with Gasteiger partial charge in [-0.2, -0.15) is 5.10 Å². The van der Waals surface area contributed by atoms with Crippen molar-refractivity contribution in [3.8, 4) is 11.5 Å². The molecule has 3 aliphatic heterocycles. The fraction of sp³-hybridized carbons (Fsp3) is 0.600. The van der Waals surface area contributed by atoms with E-state index >= 15 is 0 Å².